The number of methoxy groups -OCH3 is 1. The molecular formula is C13H14BrNO2S. The fraction of sp³-hybridized carbons (Fsp3) is 0.231. The molecule has 0 radical (unpaired) electrons. The monoisotopic (exact) mass is 327 g/mol. The Labute approximate surface area is 119 Å². The highest BCUT2D eigenvalue weighted by Gasteiger charge is 2.05. The van der Waals surface area contributed by atoms with Crippen LogP contribution in [0.5, 0.6) is 11.5 Å². The van der Waals surface area contributed by atoms with E-state index in [4.69, 9.17) is 15.2 Å². The first-order valence-corrected chi connectivity index (χ1v) is 7.08. The molecule has 3 nitrogen and oxygen atoms in total. The molecular weight excluding hydrogens is 314 g/mol. The van der Waals surface area contributed by atoms with Crippen molar-refractivity contribution >= 4 is 27.3 Å². The average molecular weight is 328 g/mol. The maximum absolute atomic E-state index is 5.78. The predicted molar refractivity (Wildman–Crippen MR) is 77.2 cm³/mol. The van der Waals surface area contributed by atoms with Crippen molar-refractivity contribution < 1.29 is 9.47 Å². The molecule has 2 N–H and O–H groups in total. The molecule has 96 valence electrons. The summed E-state index contributed by atoms with van der Waals surface area (Å²) in [5, 5.41) is 0. The number of hydrogen-bond acceptors (Lipinski definition) is 4. The van der Waals surface area contributed by atoms with E-state index in [1.807, 2.05) is 30.3 Å². The molecule has 1 aromatic heterocycles. The Morgan fingerprint density at radius 3 is 2.72 bits per heavy atom. The summed E-state index contributed by atoms with van der Waals surface area (Å²) >= 11 is 5.10. The van der Waals surface area contributed by atoms with Crippen LogP contribution in [-0.4, -0.2) is 7.11 Å². The van der Waals surface area contributed by atoms with Crippen molar-refractivity contribution in [3.05, 3.63) is 44.6 Å². The minimum Gasteiger partial charge on any atom is -0.497 e. The number of thiophene rings is 1. The Hall–Kier alpha value is -1.04. The summed E-state index contributed by atoms with van der Waals surface area (Å²) in [5.74, 6) is 1.60. The molecule has 0 unspecified atom stereocenters. The zero-order valence-corrected chi connectivity index (χ0v) is 12.4. The summed E-state index contributed by atoms with van der Waals surface area (Å²) in [5.41, 5.74) is 6.66. The van der Waals surface area contributed by atoms with Crippen molar-refractivity contribution in [1.29, 1.82) is 0 Å². The van der Waals surface area contributed by atoms with Gasteiger partial charge in [0.25, 0.3) is 0 Å². The van der Waals surface area contributed by atoms with Crippen LogP contribution >= 0.6 is 27.3 Å². The Morgan fingerprint density at radius 1 is 1.28 bits per heavy atom. The van der Waals surface area contributed by atoms with Crippen molar-refractivity contribution in [1.82, 2.24) is 0 Å². The van der Waals surface area contributed by atoms with Gasteiger partial charge in [-0.15, -0.1) is 11.3 Å². The maximum Gasteiger partial charge on any atom is 0.124 e. The van der Waals surface area contributed by atoms with Crippen LogP contribution in [0.4, 0.5) is 0 Å². The van der Waals surface area contributed by atoms with E-state index < -0.39 is 0 Å². The lowest BCUT2D eigenvalue weighted by Gasteiger charge is -2.11. The SMILES string of the molecule is COc1ccc(OCc2ccc(Br)s2)c(CN)c1. The highest BCUT2D eigenvalue weighted by Crippen LogP contribution is 2.27. The molecule has 0 aliphatic carbocycles. The van der Waals surface area contributed by atoms with Gasteiger partial charge in [0.15, 0.2) is 0 Å². The molecule has 0 amide bonds. The molecule has 0 atom stereocenters. The lowest BCUT2D eigenvalue weighted by Crippen LogP contribution is -2.02. The van der Waals surface area contributed by atoms with E-state index in [9.17, 15) is 0 Å². The number of rotatable bonds is 5. The molecule has 0 saturated heterocycles. The standard InChI is InChI=1S/C13H14BrNO2S/c1-16-10-2-4-12(9(6-10)7-15)17-8-11-3-5-13(14)18-11/h2-6H,7-8,15H2,1H3. The van der Waals surface area contributed by atoms with E-state index in [-0.39, 0.29) is 0 Å². The van der Waals surface area contributed by atoms with E-state index in [2.05, 4.69) is 15.9 Å². The second kappa shape index (κ2) is 6.22. The number of nitrogens with two attached hydrogens (primary N) is 1. The normalized spacial score (nSPS) is 10.4. The molecule has 0 fully saturated rings. The lowest BCUT2D eigenvalue weighted by molar-refractivity contribution is 0.305. The third-order valence-corrected chi connectivity index (χ3v) is 4.08. The molecule has 0 saturated carbocycles. The van der Waals surface area contributed by atoms with Gasteiger partial charge >= 0.3 is 0 Å². The highest BCUT2D eigenvalue weighted by molar-refractivity contribution is 9.11. The minimum absolute atomic E-state index is 0.431. The first-order valence-electron chi connectivity index (χ1n) is 5.47. The van der Waals surface area contributed by atoms with Crippen LogP contribution < -0.4 is 15.2 Å². The van der Waals surface area contributed by atoms with Crippen molar-refractivity contribution in [2.24, 2.45) is 5.73 Å². The van der Waals surface area contributed by atoms with Gasteiger partial charge in [0.05, 0.1) is 10.9 Å². The molecule has 2 rings (SSSR count). The maximum atomic E-state index is 5.78. The first kappa shape index (κ1) is 13.4. The van der Waals surface area contributed by atoms with Crippen LogP contribution in [0.1, 0.15) is 10.4 Å². The molecule has 2 aromatic rings. The molecule has 0 spiro atoms. The van der Waals surface area contributed by atoms with Crippen molar-refractivity contribution in [2.75, 3.05) is 7.11 Å². The smallest absolute Gasteiger partial charge is 0.124 e. The van der Waals surface area contributed by atoms with Gasteiger partial charge in [-0.25, -0.2) is 0 Å². The van der Waals surface area contributed by atoms with Gasteiger partial charge in [-0.2, -0.15) is 0 Å². The largest absolute Gasteiger partial charge is 0.497 e. The van der Waals surface area contributed by atoms with Gasteiger partial charge in [0.1, 0.15) is 18.1 Å². The fourth-order valence-electron chi connectivity index (χ4n) is 1.56. The van der Waals surface area contributed by atoms with E-state index in [1.54, 1.807) is 18.4 Å². The fourth-order valence-corrected chi connectivity index (χ4v) is 2.96. The molecule has 0 bridgehead atoms. The summed E-state index contributed by atoms with van der Waals surface area (Å²) < 4.78 is 12.0. The molecule has 18 heavy (non-hydrogen) atoms. The molecule has 1 aromatic carbocycles. The average Bonchev–Trinajstić information content (AvgIpc) is 2.82. The molecule has 0 aliphatic rings. The summed E-state index contributed by atoms with van der Waals surface area (Å²) in [6.07, 6.45) is 0. The molecule has 5 heteroatoms. The first-order chi connectivity index (χ1) is 8.72. The van der Waals surface area contributed by atoms with E-state index in [0.29, 0.717) is 13.2 Å². The van der Waals surface area contributed by atoms with Crippen LogP contribution in [0.3, 0.4) is 0 Å². The third kappa shape index (κ3) is 3.25. The van der Waals surface area contributed by atoms with Crippen LogP contribution in [0, 0.1) is 0 Å². The van der Waals surface area contributed by atoms with Gasteiger partial charge < -0.3 is 15.2 Å². The Kier molecular flexibility index (Phi) is 4.63. The topological polar surface area (TPSA) is 44.5 Å². The number of ether oxygens (including phenoxy) is 2. The van der Waals surface area contributed by atoms with Crippen LogP contribution in [0.15, 0.2) is 34.1 Å². The number of hydrogen-bond donors (Lipinski definition) is 1. The van der Waals surface area contributed by atoms with E-state index in [0.717, 1.165) is 20.8 Å². The number of benzene rings is 1. The van der Waals surface area contributed by atoms with Gasteiger partial charge in [0.2, 0.25) is 0 Å². The second-order valence-corrected chi connectivity index (χ2v) is 6.22. The van der Waals surface area contributed by atoms with Crippen LogP contribution in [-0.2, 0) is 13.2 Å². The highest BCUT2D eigenvalue weighted by atomic mass is 79.9. The zero-order chi connectivity index (χ0) is 13.0. The van der Waals surface area contributed by atoms with Crippen LogP contribution in [0.25, 0.3) is 0 Å². The van der Waals surface area contributed by atoms with Crippen molar-refractivity contribution in [3.63, 3.8) is 0 Å². The zero-order valence-electron chi connectivity index (χ0n) is 9.98. The number of halogens is 1. The summed E-state index contributed by atoms with van der Waals surface area (Å²) in [7, 11) is 1.64. The van der Waals surface area contributed by atoms with Crippen molar-refractivity contribution in [3.8, 4) is 11.5 Å². The quantitative estimate of drug-likeness (QED) is 0.913. The van der Waals surface area contributed by atoms with Crippen LogP contribution in [0.2, 0.25) is 0 Å². The van der Waals surface area contributed by atoms with E-state index in [1.165, 1.54) is 4.88 Å². The van der Waals surface area contributed by atoms with Crippen molar-refractivity contribution in [2.45, 2.75) is 13.2 Å². The molecule has 0 aliphatic heterocycles. The van der Waals surface area contributed by atoms with Gasteiger partial charge in [-0.05, 0) is 46.3 Å². The third-order valence-electron chi connectivity index (χ3n) is 2.49. The summed E-state index contributed by atoms with van der Waals surface area (Å²) in [6.45, 7) is 0.982. The second-order valence-electron chi connectivity index (χ2n) is 3.67. The molecule has 1 heterocycles. The van der Waals surface area contributed by atoms with E-state index >= 15 is 0 Å². The van der Waals surface area contributed by atoms with Gasteiger partial charge in [-0.1, -0.05) is 0 Å². The Bertz CT molecular complexity index is 527. The lowest BCUT2D eigenvalue weighted by atomic mass is 10.2. The Morgan fingerprint density at radius 2 is 2.11 bits per heavy atom. The summed E-state index contributed by atoms with van der Waals surface area (Å²) in [4.78, 5) is 1.17. The van der Waals surface area contributed by atoms with Gasteiger partial charge in [-0.3, -0.25) is 0 Å². The minimum atomic E-state index is 0.431. The Balaban J connectivity index is 2.08. The summed E-state index contributed by atoms with van der Waals surface area (Å²) in [6, 6.07) is 9.73. The predicted octanol–water partition coefficient (Wildman–Crippen LogP) is 3.56. The van der Waals surface area contributed by atoms with Gasteiger partial charge in [0, 0.05) is 17.0 Å².